The second-order valence-corrected chi connectivity index (χ2v) is 5.57. The van der Waals surface area contributed by atoms with Crippen molar-refractivity contribution in [2.24, 2.45) is 0 Å². The van der Waals surface area contributed by atoms with E-state index in [4.69, 9.17) is 0 Å². The lowest BCUT2D eigenvalue weighted by atomic mass is 9.87. The van der Waals surface area contributed by atoms with Crippen molar-refractivity contribution in [3.63, 3.8) is 0 Å². The summed E-state index contributed by atoms with van der Waals surface area (Å²) in [7, 11) is 1.84. The smallest absolute Gasteiger partial charge is 0.159 e. The van der Waals surface area contributed by atoms with E-state index in [0.29, 0.717) is 0 Å². The monoisotopic (exact) mass is 289 g/mol. The largest absolute Gasteiger partial charge is 0.309 e. The zero-order valence-electron chi connectivity index (χ0n) is 13.1. The molecule has 2 rings (SSSR count). The van der Waals surface area contributed by atoms with Gasteiger partial charge in [-0.1, -0.05) is 12.1 Å². The number of nitrogens with one attached hydrogen (secondary N) is 1. The summed E-state index contributed by atoms with van der Waals surface area (Å²) in [5.74, 6) is -1.63. The molecule has 0 bridgehead atoms. The maximum absolute atomic E-state index is 13.5. The van der Waals surface area contributed by atoms with Gasteiger partial charge in [0.2, 0.25) is 0 Å². The van der Waals surface area contributed by atoms with Crippen LogP contribution in [0.5, 0.6) is 0 Å². The molecule has 2 aromatic carbocycles. The Balaban J connectivity index is 2.64. The fourth-order valence-electron chi connectivity index (χ4n) is 2.85. The Labute approximate surface area is 125 Å². The Morgan fingerprint density at radius 2 is 1.43 bits per heavy atom. The molecule has 0 aromatic heterocycles. The van der Waals surface area contributed by atoms with Gasteiger partial charge < -0.3 is 5.32 Å². The Kier molecular flexibility index (Phi) is 4.43. The fraction of sp³-hybridized carbons (Fsp3) is 0.333. The maximum Gasteiger partial charge on any atom is 0.159 e. The molecule has 0 fully saturated rings. The molecule has 0 amide bonds. The van der Waals surface area contributed by atoms with Crippen LogP contribution in [0.1, 0.15) is 39.4 Å². The van der Waals surface area contributed by atoms with E-state index in [1.54, 1.807) is 6.07 Å². The molecule has 0 aliphatic heterocycles. The third-order valence-corrected chi connectivity index (χ3v) is 4.28. The van der Waals surface area contributed by atoms with Crippen LogP contribution < -0.4 is 5.32 Å². The molecule has 0 spiro atoms. The summed E-state index contributed by atoms with van der Waals surface area (Å²) < 4.78 is 26.7. The van der Waals surface area contributed by atoms with Gasteiger partial charge in [-0.2, -0.15) is 0 Å². The molecule has 112 valence electrons. The minimum absolute atomic E-state index is 0.154. The van der Waals surface area contributed by atoms with Crippen molar-refractivity contribution in [1.82, 2.24) is 5.32 Å². The molecule has 1 unspecified atom stereocenters. The minimum atomic E-state index is -0.817. The quantitative estimate of drug-likeness (QED) is 0.876. The van der Waals surface area contributed by atoms with Gasteiger partial charge in [-0.15, -0.1) is 0 Å². The van der Waals surface area contributed by atoms with E-state index in [2.05, 4.69) is 39.1 Å². The molecule has 0 saturated heterocycles. The second kappa shape index (κ2) is 5.94. The van der Waals surface area contributed by atoms with Gasteiger partial charge in [0.25, 0.3) is 0 Å². The van der Waals surface area contributed by atoms with E-state index in [9.17, 15) is 8.78 Å². The van der Waals surface area contributed by atoms with Crippen LogP contribution >= 0.6 is 0 Å². The van der Waals surface area contributed by atoms with Crippen molar-refractivity contribution in [3.05, 3.63) is 69.3 Å². The van der Waals surface area contributed by atoms with Gasteiger partial charge in [-0.05, 0) is 80.3 Å². The molecule has 0 aliphatic rings. The van der Waals surface area contributed by atoms with Crippen molar-refractivity contribution in [2.75, 3.05) is 7.05 Å². The number of rotatable bonds is 3. The topological polar surface area (TPSA) is 12.0 Å². The zero-order valence-corrected chi connectivity index (χ0v) is 13.1. The van der Waals surface area contributed by atoms with Gasteiger partial charge in [0, 0.05) is 0 Å². The Morgan fingerprint density at radius 3 is 1.90 bits per heavy atom. The molecule has 3 heteroatoms. The molecule has 2 aromatic rings. The molecule has 1 atom stereocenters. The Bertz CT molecular complexity index is 651. The summed E-state index contributed by atoms with van der Waals surface area (Å²) in [5.41, 5.74) is 6.64. The Hall–Kier alpha value is -1.74. The summed E-state index contributed by atoms with van der Waals surface area (Å²) in [6.45, 7) is 8.29. The number of aryl methyl sites for hydroxylation is 2. The Morgan fingerprint density at radius 1 is 0.857 bits per heavy atom. The maximum atomic E-state index is 13.5. The van der Waals surface area contributed by atoms with Crippen LogP contribution in [0.15, 0.2) is 24.3 Å². The molecule has 0 saturated carbocycles. The lowest BCUT2D eigenvalue weighted by Gasteiger charge is -2.24. The first-order valence-corrected chi connectivity index (χ1v) is 7.06. The minimum Gasteiger partial charge on any atom is -0.309 e. The SMILES string of the molecule is CNC(c1ccc(F)c(F)c1)c1c(C)c(C)cc(C)c1C. The molecule has 1 N–H and O–H groups in total. The zero-order chi connectivity index (χ0) is 15.7. The highest BCUT2D eigenvalue weighted by molar-refractivity contribution is 5.49. The third-order valence-electron chi connectivity index (χ3n) is 4.28. The fourth-order valence-corrected chi connectivity index (χ4v) is 2.85. The molecular weight excluding hydrogens is 268 g/mol. The second-order valence-electron chi connectivity index (χ2n) is 5.57. The van der Waals surface area contributed by atoms with E-state index < -0.39 is 11.6 Å². The van der Waals surface area contributed by atoms with Crippen LogP contribution in [0.25, 0.3) is 0 Å². The number of hydrogen-bond acceptors (Lipinski definition) is 1. The first kappa shape index (κ1) is 15.6. The highest BCUT2D eigenvalue weighted by atomic mass is 19.2. The highest BCUT2D eigenvalue weighted by Crippen LogP contribution is 2.31. The number of hydrogen-bond donors (Lipinski definition) is 1. The summed E-state index contributed by atoms with van der Waals surface area (Å²) in [6, 6.07) is 6.09. The first-order valence-electron chi connectivity index (χ1n) is 7.06. The van der Waals surface area contributed by atoms with Crippen LogP contribution in [-0.4, -0.2) is 7.05 Å². The molecule has 1 nitrogen and oxygen atoms in total. The van der Waals surface area contributed by atoms with E-state index >= 15 is 0 Å². The summed E-state index contributed by atoms with van der Waals surface area (Å²) in [5, 5.41) is 3.23. The predicted molar refractivity (Wildman–Crippen MR) is 82.7 cm³/mol. The van der Waals surface area contributed by atoms with Gasteiger partial charge in [0.1, 0.15) is 0 Å². The number of halogens is 2. The van der Waals surface area contributed by atoms with Crippen LogP contribution in [0.3, 0.4) is 0 Å². The van der Waals surface area contributed by atoms with Crippen molar-refractivity contribution >= 4 is 0 Å². The van der Waals surface area contributed by atoms with E-state index in [1.807, 2.05) is 7.05 Å². The van der Waals surface area contributed by atoms with E-state index in [1.165, 1.54) is 34.4 Å². The average molecular weight is 289 g/mol. The van der Waals surface area contributed by atoms with Crippen molar-refractivity contribution in [1.29, 1.82) is 0 Å². The normalized spacial score (nSPS) is 12.5. The van der Waals surface area contributed by atoms with Crippen LogP contribution in [0.2, 0.25) is 0 Å². The van der Waals surface area contributed by atoms with Crippen molar-refractivity contribution in [2.45, 2.75) is 33.7 Å². The van der Waals surface area contributed by atoms with Crippen molar-refractivity contribution in [3.8, 4) is 0 Å². The van der Waals surface area contributed by atoms with E-state index in [0.717, 1.165) is 11.1 Å². The van der Waals surface area contributed by atoms with Crippen LogP contribution in [-0.2, 0) is 0 Å². The van der Waals surface area contributed by atoms with Gasteiger partial charge in [0.15, 0.2) is 11.6 Å². The van der Waals surface area contributed by atoms with Gasteiger partial charge in [0.05, 0.1) is 6.04 Å². The number of benzene rings is 2. The molecular formula is C18H21F2N. The molecule has 0 aliphatic carbocycles. The lowest BCUT2D eigenvalue weighted by molar-refractivity contribution is 0.504. The van der Waals surface area contributed by atoms with Crippen molar-refractivity contribution < 1.29 is 8.78 Å². The van der Waals surface area contributed by atoms with Gasteiger partial charge in [-0.25, -0.2) is 8.78 Å². The van der Waals surface area contributed by atoms with E-state index in [-0.39, 0.29) is 6.04 Å². The summed E-state index contributed by atoms with van der Waals surface area (Å²) in [6.07, 6.45) is 0. The standard InChI is InChI=1S/C18H21F2N/c1-10-8-11(2)13(4)17(12(10)3)18(21-5)14-6-7-15(19)16(20)9-14/h6-9,18,21H,1-5H3. The molecule has 21 heavy (non-hydrogen) atoms. The lowest BCUT2D eigenvalue weighted by Crippen LogP contribution is -2.21. The van der Waals surface area contributed by atoms with Gasteiger partial charge >= 0.3 is 0 Å². The molecule has 0 radical (unpaired) electrons. The van der Waals surface area contributed by atoms with Crippen LogP contribution in [0.4, 0.5) is 8.78 Å². The van der Waals surface area contributed by atoms with Gasteiger partial charge in [-0.3, -0.25) is 0 Å². The predicted octanol–water partition coefficient (Wildman–Crippen LogP) is 4.51. The van der Waals surface area contributed by atoms with Crippen LogP contribution in [0, 0.1) is 39.3 Å². The first-order chi connectivity index (χ1) is 9.86. The summed E-state index contributed by atoms with van der Waals surface area (Å²) >= 11 is 0. The third kappa shape index (κ3) is 2.84. The average Bonchev–Trinajstić information content (AvgIpc) is 2.44. The molecule has 0 heterocycles. The summed E-state index contributed by atoms with van der Waals surface area (Å²) in [4.78, 5) is 0. The highest BCUT2D eigenvalue weighted by Gasteiger charge is 2.20.